The smallest absolute Gasteiger partial charge is 0.399 e. The Labute approximate surface area is 205 Å². The number of halogens is 4. The minimum atomic E-state index is -4.68. The molecule has 1 aromatic heterocycles. The van der Waals surface area contributed by atoms with Crippen molar-refractivity contribution < 1.29 is 27.5 Å². The lowest BCUT2D eigenvalue weighted by molar-refractivity contribution is -0.152. The summed E-state index contributed by atoms with van der Waals surface area (Å²) in [7, 11) is 0. The minimum absolute atomic E-state index is 0.00588. The van der Waals surface area contributed by atoms with Gasteiger partial charge < -0.3 is 26.1 Å². The molecule has 0 bridgehead atoms. The normalized spacial score (nSPS) is 19.1. The first-order valence-corrected chi connectivity index (χ1v) is 11.6. The van der Waals surface area contributed by atoms with Gasteiger partial charge in [0, 0.05) is 50.0 Å². The number of alkyl halides is 3. The van der Waals surface area contributed by atoms with Gasteiger partial charge in [-0.25, -0.2) is 4.98 Å². The number of allylic oxidation sites excluding steroid dienone is 2. The van der Waals surface area contributed by atoms with Crippen LogP contribution in [0.2, 0.25) is 5.15 Å². The average molecular weight is 517 g/mol. The fraction of sp³-hybridized carbons (Fsp3) is 0.545. The van der Waals surface area contributed by atoms with Crippen LogP contribution in [0.4, 0.5) is 13.2 Å². The van der Waals surface area contributed by atoms with Crippen molar-refractivity contribution in [3.63, 3.8) is 0 Å². The maximum atomic E-state index is 13.8. The van der Waals surface area contributed by atoms with Gasteiger partial charge in [-0.1, -0.05) is 18.5 Å². The molecule has 1 atom stereocenters. The second-order valence-corrected chi connectivity index (χ2v) is 8.67. The fourth-order valence-corrected chi connectivity index (χ4v) is 4.52. The van der Waals surface area contributed by atoms with Gasteiger partial charge in [0.1, 0.15) is 16.9 Å². The summed E-state index contributed by atoms with van der Waals surface area (Å²) in [5.41, 5.74) is 5.26. The zero-order valence-electron chi connectivity index (χ0n) is 19.2. The summed E-state index contributed by atoms with van der Waals surface area (Å²) < 4.78 is 47.7. The molecule has 0 aromatic carbocycles. The lowest BCUT2D eigenvalue weighted by atomic mass is 9.92. The van der Waals surface area contributed by atoms with Crippen LogP contribution in [0, 0.1) is 5.41 Å². The van der Waals surface area contributed by atoms with E-state index in [0.29, 0.717) is 32.6 Å². The Balaban J connectivity index is 1.82. The minimum Gasteiger partial charge on any atom is -0.404 e. The van der Waals surface area contributed by atoms with Crippen molar-refractivity contribution in [3.8, 4) is 0 Å². The molecule has 0 radical (unpaired) electrons. The standard InChI is InChI=1S/C22H28ClF3N6O3/c1-2-5-31(15-3-6-35-7-4-15)17(33)11-29-21(34)18-19(23)32-12-13(14(9-27)10-28)8-16(20(32)30-18)22(24,25)26/h9-10,12,15-16,27H,2-8,11,28H2,1H3,(H,29,34)/b14-10+,27-9?. The highest BCUT2D eigenvalue weighted by Crippen LogP contribution is 2.44. The molecule has 2 amide bonds. The molecule has 0 spiro atoms. The number of hydrogen-bond acceptors (Lipinski definition) is 6. The number of aromatic nitrogens is 2. The van der Waals surface area contributed by atoms with Gasteiger partial charge in [-0.15, -0.1) is 0 Å². The second-order valence-electron chi connectivity index (χ2n) is 8.31. The molecule has 1 fully saturated rings. The van der Waals surface area contributed by atoms with Crippen LogP contribution in [-0.4, -0.2) is 71.0 Å². The Morgan fingerprint density at radius 3 is 2.66 bits per heavy atom. The van der Waals surface area contributed by atoms with E-state index < -0.39 is 35.9 Å². The van der Waals surface area contributed by atoms with Crippen LogP contribution in [0.25, 0.3) is 6.20 Å². The van der Waals surface area contributed by atoms with E-state index in [9.17, 15) is 22.8 Å². The number of fused-ring (bicyclic) bond motifs is 1. The topological polar surface area (TPSA) is 126 Å². The number of amides is 2. The number of rotatable bonds is 8. The summed E-state index contributed by atoms with van der Waals surface area (Å²) in [4.78, 5) is 31.2. The van der Waals surface area contributed by atoms with E-state index in [-0.39, 0.29) is 34.8 Å². The number of nitrogens with one attached hydrogen (secondary N) is 2. The molecule has 13 heteroatoms. The maximum Gasteiger partial charge on any atom is 0.399 e. The Hall–Kier alpha value is -2.86. The fourth-order valence-electron chi connectivity index (χ4n) is 4.25. The van der Waals surface area contributed by atoms with Gasteiger partial charge in [0.2, 0.25) is 5.91 Å². The van der Waals surface area contributed by atoms with Gasteiger partial charge in [-0.2, -0.15) is 13.2 Å². The molecule has 192 valence electrons. The summed E-state index contributed by atoms with van der Waals surface area (Å²) in [5.74, 6) is -3.65. The van der Waals surface area contributed by atoms with Crippen LogP contribution in [0.1, 0.15) is 54.8 Å². The molecule has 1 aromatic rings. The number of nitrogens with zero attached hydrogens (tertiary/aromatic N) is 3. The third-order valence-corrected chi connectivity index (χ3v) is 6.39. The highest BCUT2D eigenvalue weighted by Gasteiger charge is 2.46. The summed E-state index contributed by atoms with van der Waals surface area (Å²) in [6.45, 7) is 3.22. The zero-order valence-corrected chi connectivity index (χ0v) is 20.0. The summed E-state index contributed by atoms with van der Waals surface area (Å²) in [6, 6.07) is 0.00588. The highest BCUT2D eigenvalue weighted by atomic mass is 35.5. The number of carbonyl (C=O) groups excluding carboxylic acids is 2. The summed E-state index contributed by atoms with van der Waals surface area (Å²) >= 11 is 6.27. The Morgan fingerprint density at radius 1 is 1.40 bits per heavy atom. The number of hydrogen-bond donors (Lipinski definition) is 3. The number of ether oxygens (including phenoxy) is 1. The molecule has 9 nitrogen and oxygen atoms in total. The molecule has 3 rings (SSSR count). The van der Waals surface area contributed by atoms with Crippen molar-refractivity contribution >= 4 is 35.8 Å². The van der Waals surface area contributed by atoms with Crippen molar-refractivity contribution in [2.75, 3.05) is 26.3 Å². The average Bonchev–Trinajstić information content (AvgIpc) is 3.17. The molecular formula is C22H28ClF3N6O3. The van der Waals surface area contributed by atoms with Crippen molar-refractivity contribution in [1.29, 1.82) is 5.41 Å². The van der Waals surface area contributed by atoms with Crippen LogP contribution in [0.15, 0.2) is 17.3 Å². The second kappa shape index (κ2) is 11.3. The van der Waals surface area contributed by atoms with Crippen molar-refractivity contribution in [2.45, 2.75) is 50.7 Å². The van der Waals surface area contributed by atoms with Gasteiger partial charge in [0.15, 0.2) is 5.69 Å². The molecular weight excluding hydrogens is 489 g/mol. The van der Waals surface area contributed by atoms with Crippen molar-refractivity contribution in [1.82, 2.24) is 19.8 Å². The Kier molecular flexibility index (Phi) is 8.60. The van der Waals surface area contributed by atoms with Gasteiger partial charge in [0.05, 0.1) is 6.54 Å². The molecule has 1 saturated heterocycles. The van der Waals surface area contributed by atoms with Crippen LogP contribution >= 0.6 is 11.6 Å². The summed E-state index contributed by atoms with van der Waals surface area (Å²) in [6.07, 6.45) is 0.0968. The Bertz CT molecular complexity index is 1030. The molecule has 2 aliphatic heterocycles. The van der Waals surface area contributed by atoms with Crippen LogP contribution in [0.5, 0.6) is 0 Å². The van der Waals surface area contributed by atoms with E-state index in [1.54, 1.807) is 4.90 Å². The quantitative estimate of drug-likeness (QED) is 0.458. The van der Waals surface area contributed by atoms with Crippen LogP contribution in [-0.2, 0) is 9.53 Å². The number of nitrogens with two attached hydrogens (primary N) is 1. The first-order valence-electron chi connectivity index (χ1n) is 11.3. The number of imidazole rings is 1. The lowest BCUT2D eigenvalue weighted by Crippen LogP contribution is -2.48. The first-order chi connectivity index (χ1) is 16.6. The van der Waals surface area contributed by atoms with Gasteiger partial charge in [-0.3, -0.25) is 14.2 Å². The van der Waals surface area contributed by atoms with Crippen molar-refractivity contribution in [3.05, 3.63) is 34.0 Å². The van der Waals surface area contributed by atoms with E-state index >= 15 is 0 Å². The highest BCUT2D eigenvalue weighted by molar-refractivity contribution is 6.33. The SMILES string of the molecule is CCCN(C(=O)CNC(=O)c1nc2n(c1Cl)C=C(/C(C=N)=C/N)CC2C(F)(F)F)C1CCOCC1. The van der Waals surface area contributed by atoms with Crippen LogP contribution in [0.3, 0.4) is 0 Å². The molecule has 1 unspecified atom stereocenters. The van der Waals surface area contributed by atoms with Gasteiger partial charge >= 0.3 is 6.18 Å². The van der Waals surface area contributed by atoms with Crippen molar-refractivity contribution in [2.24, 2.45) is 5.73 Å². The third kappa shape index (κ3) is 5.87. The predicted octanol–water partition coefficient (Wildman–Crippen LogP) is 3.07. The monoisotopic (exact) mass is 516 g/mol. The molecule has 2 aliphatic rings. The molecule has 0 saturated carbocycles. The molecule has 3 heterocycles. The van der Waals surface area contributed by atoms with Gasteiger partial charge in [0.25, 0.3) is 5.91 Å². The molecule has 4 N–H and O–H groups in total. The zero-order chi connectivity index (χ0) is 25.8. The first kappa shape index (κ1) is 26.7. The lowest BCUT2D eigenvalue weighted by Gasteiger charge is -2.34. The number of carbonyl (C=O) groups is 2. The van der Waals surface area contributed by atoms with Crippen LogP contribution < -0.4 is 11.1 Å². The maximum absolute atomic E-state index is 13.8. The predicted molar refractivity (Wildman–Crippen MR) is 124 cm³/mol. The van der Waals surface area contributed by atoms with E-state index in [1.807, 2.05) is 6.92 Å². The third-order valence-electron chi connectivity index (χ3n) is 6.03. The van der Waals surface area contributed by atoms with Gasteiger partial charge in [-0.05, 0) is 31.3 Å². The van der Waals surface area contributed by atoms with E-state index in [1.165, 1.54) is 6.20 Å². The van der Waals surface area contributed by atoms with E-state index in [4.69, 9.17) is 27.5 Å². The molecule has 0 aliphatic carbocycles. The van der Waals surface area contributed by atoms with E-state index in [0.717, 1.165) is 23.4 Å². The van der Waals surface area contributed by atoms with E-state index in [2.05, 4.69) is 10.3 Å². The Morgan fingerprint density at radius 2 is 2.09 bits per heavy atom. The summed E-state index contributed by atoms with van der Waals surface area (Å²) in [5, 5.41) is 9.52. The largest absolute Gasteiger partial charge is 0.404 e. The molecule has 35 heavy (non-hydrogen) atoms.